The number of halogens is 1. The minimum atomic E-state index is -0.717. The van der Waals surface area contributed by atoms with E-state index < -0.39 is 17.8 Å². The first-order valence-electron chi connectivity index (χ1n) is 8.17. The number of carbonyl (C=O) groups is 3. The third-order valence-electron chi connectivity index (χ3n) is 4.04. The molecule has 0 atom stereocenters. The normalized spacial score (nSPS) is 10.4. The molecule has 8 heteroatoms. The van der Waals surface area contributed by atoms with Crippen LogP contribution in [0.1, 0.15) is 20.7 Å². The monoisotopic (exact) mass is 397 g/mol. The van der Waals surface area contributed by atoms with E-state index in [1.807, 2.05) is 0 Å². The summed E-state index contributed by atoms with van der Waals surface area (Å²) < 4.78 is 5.17. The van der Waals surface area contributed by atoms with Crippen LogP contribution in [0.5, 0.6) is 5.75 Å². The fourth-order valence-electron chi connectivity index (χ4n) is 2.67. The van der Waals surface area contributed by atoms with Crippen molar-refractivity contribution >= 4 is 45.9 Å². The van der Waals surface area contributed by atoms with Gasteiger partial charge in [-0.15, -0.1) is 0 Å². The molecule has 0 heterocycles. The Labute approximate surface area is 165 Å². The van der Waals surface area contributed by atoms with E-state index in [9.17, 15) is 14.4 Å². The van der Waals surface area contributed by atoms with Crippen molar-refractivity contribution in [2.45, 2.75) is 0 Å². The molecule has 0 spiro atoms. The Balaban J connectivity index is 1.82. The number of para-hydroxylation sites is 1. The molecule has 0 bridgehead atoms. The Morgan fingerprint density at radius 3 is 2.43 bits per heavy atom. The number of imide groups is 1. The predicted molar refractivity (Wildman–Crippen MR) is 107 cm³/mol. The number of hydrogen-bond acceptors (Lipinski definition) is 4. The van der Waals surface area contributed by atoms with Gasteiger partial charge in [0.05, 0.1) is 23.4 Å². The lowest BCUT2D eigenvalue weighted by molar-refractivity contribution is 0.0965. The second-order valence-electron chi connectivity index (χ2n) is 5.87. The summed E-state index contributed by atoms with van der Waals surface area (Å²) in [6.45, 7) is 0. The van der Waals surface area contributed by atoms with Gasteiger partial charge in [0.2, 0.25) is 0 Å². The lowest BCUT2D eigenvalue weighted by Gasteiger charge is -2.10. The molecule has 0 aliphatic carbocycles. The molecular weight excluding hydrogens is 382 g/mol. The van der Waals surface area contributed by atoms with Crippen molar-refractivity contribution in [3.05, 3.63) is 70.7 Å². The zero-order chi connectivity index (χ0) is 20.3. The van der Waals surface area contributed by atoms with Crippen LogP contribution in [-0.2, 0) is 0 Å². The SMILES string of the molecule is COc1cc2ccc(C(=O)NC(=O)Nc3ccccc3Cl)cc2cc1C(N)=O. The van der Waals surface area contributed by atoms with Crippen LogP contribution < -0.4 is 21.1 Å². The number of methoxy groups -OCH3 is 1. The molecule has 3 rings (SSSR count). The Morgan fingerprint density at radius 2 is 1.75 bits per heavy atom. The minimum absolute atomic E-state index is 0.198. The lowest BCUT2D eigenvalue weighted by atomic mass is 10.0. The first-order chi connectivity index (χ1) is 13.4. The third-order valence-corrected chi connectivity index (χ3v) is 4.36. The standard InChI is InChI=1S/C20H16ClN3O4/c1-28-17-10-11-6-7-12(8-13(11)9-14(17)18(22)25)19(26)24-20(27)23-16-5-3-2-4-15(16)21/h2-10H,1H3,(H2,22,25)(H2,23,24,26,27). The van der Waals surface area contributed by atoms with Crippen molar-refractivity contribution in [1.82, 2.24) is 5.32 Å². The number of anilines is 1. The molecule has 0 aromatic heterocycles. The fourth-order valence-corrected chi connectivity index (χ4v) is 2.85. The molecule has 3 aromatic rings. The second-order valence-corrected chi connectivity index (χ2v) is 6.27. The Bertz CT molecular complexity index is 1100. The van der Waals surface area contributed by atoms with Crippen molar-refractivity contribution in [1.29, 1.82) is 0 Å². The molecule has 0 aliphatic rings. The van der Waals surface area contributed by atoms with Crippen molar-refractivity contribution in [3.63, 3.8) is 0 Å². The molecule has 4 N–H and O–H groups in total. The molecule has 0 saturated heterocycles. The van der Waals surface area contributed by atoms with Crippen LogP contribution >= 0.6 is 11.6 Å². The first-order valence-corrected chi connectivity index (χ1v) is 8.55. The van der Waals surface area contributed by atoms with Crippen molar-refractivity contribution in [2.24, 2.45) is 5.73 Å². The zero-order valence-electron chi connectivity index (χ0n) is 14.8. The highest BCUT2D eigenvalue weighted by atomic mass is 35.5. The van der Waals surface area contributed by atoms with Crippen LogP contribution in [0.15, 0.2) is 54.6 Å². The molecule has 4 amide bonds. The van der Waals surface area contributed by atoms with E-state index in [0.29, 0.717) is 21.8 Å². The van der Waals surface area contributed by atoms with Gasteiger partial charge in [0.25, 0.3) is 11.8 Å². The van der Waals surface area contributed by atoms with Gasteiger partial charge in [-0.3, -0.25) is 14.9 Å². The van der Waals surface area contributed by atoms with Gasteiger partial charge >= 0.3 is 6.03 Å². The highest BCUT2D eigenvalue weighted by molar-refractivity contribution is 6.33. The molecule has 0 fully saturated rings. The molecule has 3 aromatic carbocycles. The number of nitrogens with one attached hydrogen (secondary N) is 2. The summed E-state index contributed by atoms with van der Waals surface area (Å²) in [4.78, 5) is 36.0. The van der Waals surface area contributed by atoms with Crippen LogP contribution in [0.2, 0.25) is 5.02 Å². The largest absolute Gasteiger partial charge is 0.496 e. The number of nitrogens with two attached hydrogens (primary N) is 1. The Kier molecular flexibility index (Phi) is 5.47. The molecule has 0 unspecified atom stereocenters. The van der Waals surface area contributed by atoms with E-state index in [-0.39, 0.29) is 11.1 Å². The van der Waals surface area contributed by atoms with E-state index in [0.717, 1.165) is 5.39 Å². The van der Waals surface area contributed by atoms with Crippen LogP contribution in [-0.4, -0.2) is 25.0 Å². The van der Waals surface area contributed by atoms with Gasteiger partial charge in [-0.05, 0) is 47.2 Å². The number of primary amides is 1. The van der Waals surface area contributed by atoms with Crippen molar-refractivity contribution < 1.29 is 19.1 Å². The quantitative estimate of drug-likeness (QED) is 0.625. The molecule has 0 saturated carbocycles. The summed E-state index contributed by atoms with van der Waals surface area (Å²) in [7, 11) is 1.44. The topological polar surface area (TPSA) is 111 Å². The van der Waals surface area contributed by atoms with E-state index in [1.165, 1.54) is 13.2 Å². The Hall–Kier alpha value is -3.58. The second kappa shape index (κ2) is 7.98. The van der Waals surface area contributed by atoms with E-state index >= 15 is 0 Å². The summed E-state index contributed by atoms with van der Waals surface area (Å²) in [5, 5.41) is 6.44. The number of rotatable bonds is 4. The summed E-state index contributed by atoms with van der Waals surface area (Å²) in [6, 6.07) is 13.9. The van der Waals surface area contributed by atoms with Crippen LogP contribution in [0.4, 0.5) is 10.5 Å². The van der Waals surface area contributed by atoms with Crippen LogP contribution in [0.25, 0.3) is 10.8 Å². The lowest BCUT2D eigenvalue weighted by Crippen LogP contribution is -2.34. The summed E-state index contributed by atoms with van der Waals surface area (Å²) in [5.74, 6) is -0.910. The summed E-state index contributed by atoms with van der Waals surface area (Å²) in [5.41, 5.74) is 6.19. The first kappa shape index (κ1) is 19.2. The van der Waals surface area contributed by atoms with Gasteiger partial charge in [0.1, 0.15) is 5.75 Å². The summed E-state index contributed by atoms with van der Waals surface area (Å²) in [6.07, 6.45) is 0. The number of amides is 4. The average Bonchev–Trinajstić information content (AvgIpc) is 2.68. The van der Waals surface area contributed by atoms with E-state index in [4.69, 9.17) is 22.1 Å². The van der Waals surface area contributed by atoms with Crippen LogP contribution in [0.3, 0.4) is 0 Å². The number of fused-ring (bicyclic) bond motifs is 1. The number of ether oxygens (including phenoxy) is 1. The number of carbonyl (C=O) groups excluding carboxylic acids is 3. The number of urea groups is 1. The fraction of sp³-hybridized carbons (Fsp3) is 0.0500. The van der Waals surface area contributed by atoms with Gasteiger partial charge in [0.15, 0.2) is 0 Å². The maximum Gasteiger partial charge on any atom is 0.326 e. The van der Waals surface area contributed by atoms with Gasteiger partial charge in [-0.1, -0.05) is 29.8 Å². The molecule has 0 aliphatic heterocycles. The maximum absolute atomic E-state index is 12.4. The van der Waals surface area contributed by atoms with Crippen molar-refractivity contribution in [3.8, 4) is 5.75 Å². The molecule has 28 heavy (non-hydrogen) atoms. The third kappa shape index (κ3) is 4.05. The predicted octanol–water partition coefficient (Wildman–Crippen LogP) is 3.56. The summed E-state index contributed by atoms with van der Waals surface area (Å²) >= 11 is 5.98. The molecule has 7 nitrogen and oxygen atoms in total. The van der Waals surface area contributed by atoms with Gasteiger partial charge in [0, 0.05) is 5.56 Å². The van der Waals surface area contributed by atoms with Gasteiger partial charge < -0.3 is 15.8 Å². The Morgan fingerprint density at radius 1 is 1.00 bits per heavy atom. The number of hydrogen-bond donors (Lipinski definition) is 3. The molecule has 142 valence electrons. The zero-order valence-corrected chi connectivity index (χ0v) is 15.5. The number of benzene rings is 3. The van der Waals surface area contributed by atoms with Gasteiger partial charge in [-0.25, -0.2) is 4.79 Å². The average molecular weight is 398 g/mol. The molecule has 0 radical (unpaired) electrons. The van der Waals surface area contributed by atoms with E-state index in [2.05, 4.69) is 10.6 Å². The smallest absolute Gasteiger partial charge is 0.326 e. The molecular formula is C20H16ClN3O4. The van der Waals surface area contributed by atoms with Crippen molar-refractivity contribution in [2.75, 3.05) is 12.4 Å². The van der Waals surface area contributed by atoms with Crippen LogP contribution in [0, 0.1) is 0 Å². The van der Waals surface area contributed by atoms with E-state index in [1.54, 1.807) is 48.5 Å². The highest BCUT2D eigenvalue weighted by Gasteiger charge is 2.14. The maximum atomic E-state index is 12.4. The minimum Gasteiger partial charge on any atom is -0.496 e. The highest BCUT2D eigenvalue weighted by Crippen LogP contribution is 2.26. The van der Waals surface area contributed by atoms with Gasteiger partial charge in [-0.2, -0.15) is 0 Å².